The quantitative estimate of drug-likeness (QED) is 0.895. The first-order valence-electron chi connectivity index (χ1n) is 9.13. The van der Waals surface area contributed by atoms with Crippen molar-refractivity contribution in [3.63, 3.8) is 0 Å². The van der Waals surface area contributed by atoms with E-state index in [1.807, 2.05) is 41.3 Å². The summed E-state index contributed by atoms with van der Waals surface area (Å²) in [4.78, 5) is 18.8. The highest BCUT2D eigenvalue weighted by atomic mass is 16.5. The van der Waals surface area contributed by atoms with Gasteiger partial charge in [0.25, 0.3) is 5.91 Å². The second-order valence-corrected chi connectivity index (χ2v) is 6.71. The van der Waals surface area contributed by atoms with Crippen LogP contribution in [0, 0.1) is 0 Å². The summed E-state index contributed by atoms with van der Waals surface area (Å²) in [5.41, 5.74) is 0. The molecule has 2 aliphatic rings. The fraction of sp³-hybridized carbons (Fsp3) is 0.400. The summed E-state index contributed by atoms with van der Waals surface area (Å²) in [7, 11) is 0. The topological polar surface area (TPSA) is 63.7 Å². The van der Waals surface area contributed by atoms with E-state index < -0.39 is 0 Å². The zero-order chi connectivity index (χ0) is 17.8. The largest absolute Gasteiger partial charge is 0.484 e. The van der Waals surface area contributed by atoms with Gasteiger partial charge in [-0.3, -0.25) is 4.79 Å². The van der Waals surface area contributed by atoms with Gasteiger partial charge < -0.3 is 19.7 Å². The molecular weight excluding hydrogens is 330 g/mol. The highest BCUT2D eigenvalue weighted by molar-refractivity contribution is 5.79. The molecule has 1 N–H and O–H groups in total. The molecule has 2 bridgehead atoms. The Morgan fingerprint density at radius 2 is 1.88 bits per heavy atom. The minimum Gasteiger partial charge on any atom is -0.484 e. The molecule has 0 aliphatic carbocycles. The molecule has 2 aliphatic heterocycles. The lowest BCUT2D eigenvalue weighted by atomic mass is 10.1. The van der Waals surface area contributed by atoms with Crippen molar-refractivity contribution < 1.29 is 14.3 Å². The molecule has 2 saturated heterocycles. The molecule has 1 aromatic carbocycles. The molecule has 6 heteroatoms. The lowest BCUT2D eigenvalue weighted by molar-refractivity contribution is -0.136. The van der Waals surface area contributed by atoms with Crippen LogP contribution >= 0.6 is 0 Å². The third kappa shape index (κ3) is 3.80. The van der Waals surface area contributed by atoms with Crippen molar-refractivity contribution in [3.05, 3.63) is 48.7 Å². The van der Waals surface area contributed by atoms with Crippen molar-refractivity contribution in [3.8, 4) is 17.4 Å². The van der Waals surface area contributed by atoms with Crippen LogP contribution in [0.4, 0.5) is 0 Å². The second-order valence-electron chi connectivity index (χ2n) is 6.71. The van der Waals surface area contributed by atoms with Gasteiger partial charge in [0, 0.05) is 30.9 Å². The average molecular weight is 353 g/mol. The molecule has 6 nitrogen and oxygen atoms in total. The van der Waals surface area contributed by atoms with Gasteiger partial charge in [0.05, 0.1) is 0 Å². The van der Waals surface area contributed by atoms with Gasteiger partial charge >= 0.3 is 0 Å². The summed E-state index contributed by atoms with van der Waals surface area (Å²) in [6.07, 6.45) is 4.91. The number of fused-ring (bicyclic) bond motifs is 2. The van der Waals surface area contributed by atoms with Crippen LogP contribution in [0.15, 0.2) is 48.7 Å². The Kier molecular flexibility index (Phi) is 5.02. The summed E-state index contributed by atoms with van der Waals surface area (Å²) in [6.45, 7) is 1.96. The Labute approximate surface area is 153 Å². The first kappa shape index (κ1) is 16.8. The summed E-state index contributed by atoms with van der Waals surface area (Å²) < 4.78 is 11.4. The van der Waals surface area contributed by atoms with Crippen LogP contribution < -0.4 is 14.8 Å². The van der Waals surface area contributed by atoms with E-state index in [4.69, 9.17) is 9.47 Å². The molecule has 0 spiro atoms. The lowest BCUT2D eigenvalue weighted by Crippen LogP contribution is -2.44. The molecule has 2 aromatic rings. The van der Waals surface area contributed by atoms with Crippen molar-refractivity contribution >= 4 is 5.91 Å². The molecular formula is C20H23N3O3. The van der Waals surface area contributed by atoms with E-state index in [2.05, 4.69) is 10.3 Å². The van der Waals surface area contributed by atoms with E-state index in [0.29, 0.717) is 29.5 Å². The first-order valence-corrected chi connectivity index (χ1v) is 9.13. The maximum atomic E-state index is 12.6. The highest BCUT2D eigenvalue weighted by Gasteiger charge is 2.37. The zero-order valence-electron chi connectivity index (χ0n) is 14.6. The number of pyridine rings is 1. The normalized spacial score (nSPS) is 21.9. The number of nitrogens with one attached hydrogen (secondary N) is 1. The third-order valence-corrected chi connectivity index (χ3v) is 4.99. The van der Waals surface area contributed by atoms with Crippen molar-refractivity contribution in [1.82, 2.24) is 15.2 Å². The molecule has 1 amide bonds. The number of amides is 1. The lowest BCUT2D eigenvalue weighted by Gasteiger charge is -2.27. The van der Waals surface area contributed by atoms with Crippen LogP contribution in [-0.2, 0) is 4.79 Å². The number of benzene rings is 1. The van der Waals surface area contributed by atoms with Crippen LogP contribution in [0.2, 0.25) is 0 Å². The average Bonchev–Trinajstić information content (AvgIpc) is 2.94. The van der Waals surface area contributed by atoms with E-state index >= 15 is 0 Å². The van der Waals surface area contributed by atoms with Crippen molar-refractivity contribution in [1.29, 1.82) is 0 Å². The Morgan fingerprint density at radius 1 is 1.08 bits per heavy atom. The SMILES string of the molecule is O=C(COc1ccc(Oc2ccccn2)cc1)N1C2CCNCC1CC2. The van der Waals surface area contributed by atoms with Crippen molar-refractivity contribution in [2.24, 2.45) is 0 Å². The smallest absolute Gasteiger partial charge is 0.261 e. The second kappa shape index (κ2) is 7.74. The van der Waals surface area contributed by atoms with E-state index in [0.717, 1.165) is 32.4 Å². The fourth-order valence-corrected chi connectivity index (χ4v) is 3.74. The summed E-state index contributed by atoms with van der Waals surface area (Å²) in [6, 6.07) is 13.4. The minimum absolute atomic E-state index is 0.0768. The van der Waals surface area contributed by atoms with Gasteiger partial charge in [-0.05, 0) is 56.1 Å². The summed E-state index contributed by atoms with van der Waals surface area (Å²) in [5.74, 6) is 1.96. The van der Waals surface area contributed by atoms with E-state index in [-0.39, 0.29) is 12.5 Å². The maximum Gasteiger partial charge on any atom is 0.261 e. The number of hydrogen-bond acceptors (Lipinski definition) is 5. The maximum absolute atomic E-state index is 12.6. The summed E-state index contributed by atoms with van der Waals surface area (Å²) in [5, 5.41) is 3.41. The minimum atomic E-state index is 0.0768. The van der Waals surface area contributed by atoms with Gasteiger partial charge in [0.1, 0.15) is 11.5 Å². The van der Waals surface area contributed by atoms with E-state index in [9.17, 15) is 4.79 Å². The standard InChI is InChI=1S/C20H23N3O3/c24-20(23-15-4-5-16(23)13-21-12-10-15)14-25-17-6-8-18(9-7-17)26-19-3-1-2-11-22-19/h1-3,6-9,11,15-16,21H,4-5,10,12-14H2. The Bertz CT molecular complexity index is 722. The van der Waals surface area contributed by atoms with Gasteiger partial charge in [-0.25, -0.2) is 4.98 Å². The van der Waals surface area contributed by atoms with E-state index in [1.54, 1.807) is 12.3 Å². The Morgan fingerprint density at radius 3 is 2.69 bits per heavy atom. The summed E-state index contributed by atoms with van der Waals surface area (Å²) >= 11 is 0. The van der Waals surface area contributed by atoms with Crippen LogP contribution in [-0.4, -0.2) is 47.6 Å². The number of nitrogens with zero attached hydrogens (tertiary/aromatic N) is 2. The molecule has 1 aromatic heterocycles. The number of carbonyl (C=O) groups is 1. The molecule has 4 rings (SSSR count). The van der Waals surface area contributed by atoms with Gasteiger partial charge in [-0.15, -0.1) is 0 Å². The molecule has 3 heterocycles. The van der Waals surface area contributed by atoms with Crippen molar-refractivity contribution in [2.75, 3.05) is 19.7 Å². The Balaban J connectivity index is 1.32. The van der Waals surface area contributed by atoms with Crippen LogP contribution in [0.25, 0.3) is 0 Å². The number of rotatable bonds is 5. The van der Waals surface area contributed by atoms with Crippen molar-refractivity contribution in [2.45, 2.75) is 31.3 Å². The fourth-order valence-electron chi connectivity index (χ4n) is 3.74. The highest BCUT2D eigenvalue weighted by Crippen LogP contribution is 2.28. The number of carbonyl (C=O) groups excluding carboxylic acids is 1. The predicted octanol–water partition coefficient (Wildman–Crippen LogP) is 2.61. The van der Waals surface area contributed by atoms with E-state index in [1.165, 1.54) is 0 Å². The molecule has 2 unspecified atom stereocenters. The predicted molar refractivity (Wildman–Crippen MR) is 97.4 cm³/mol. The van der Waals surface area contributed by atoms with Gasteiger partial charge in [0.15, 0.2) is 6.61 Å². The molecule has 0 radical (unpaired) electrons. The van der Waals surface area contributed by atoms with Gasteiger partial charge in [-0.1, -0.05) is 6.07 Å². The zero-order valence-corrected chi connectivity index (χ0v) is 14.6. The van der Waals surface area contributed by atoms with Crippen LogP contribution in [0.3, 0.4) is 0 Å². The third-order valence-electron chi connectivity index (χ3n) is 4.99. The molecule has 136 valence electrons. The van der Waals surface area contributed by atoms with Crippen LogP contribution in [0.1, 0.15) is 19.3 Å². The number of aromatic nitrogens is 1. The van der Waals surface area contributed by atoms with Gasteiger partial charge in [0.2, 0.25) is 5.88 Å². The Hall–Kier alpha value is -2.60. The molecule has 2 fully saturated rings. The molecule has 26 heavy (non-hydrogen) atoms. The molecule has 2 atom stereocenters. The number of ether oxygens (including phenoxy) is 2. The van der Waals surface area contributed by atoms with Gasteiger partial charge in [-0.2, -0.15) is 0 Å². The monoisotopic (exact) mass is 353 g/mol. The first-order chi connectivity index (χ1) is 12.8. The number of hydrogen-bond donors (Lipinski definition) is 1. The van der Waals surface area contributed by atoms with Crippen LogP contribution in [0.5, 0.6) is 17.4 Å². The molecule has 0 saturated carbocycles.